The summed E-state index contributed by atoms with van der Waals surface area (Å²) < 4.78 is 5.41. The minimum atomic E-state index is 0.191. The van der Waals surface area contributed by atoms with Gasteiger partial charge >= 0.3 is 6.03 Å². The molecule has 2 fully saturated rings. The number of furan rings is 1. The van der Waals surface area contributed by atoms with Gasteiger partial charge in [0, 0.05) is 51.2 Å². The number of rotatable bonds is 4. The van der Waals surface area contributed by atoms with Crippen LogP contribution < -0.4 is 0 Å². The largest absolute Gasteiger partial charge is 0.462 e. The van der Waals surface area contributed by atoms with Gasteiger partial charge in [0.15, 0.2) is 10.8 Å². The highest BCUT2D eigenvalue weighted by Crippen LogP contribution is 2.26. The highest BCUT2D eigenvalue weighted by molar-refractivity contribution is 7.13. The Hall–Kier alpha value is -1.86. The lowest BCUT2D eigenvalue weighted by molar-refractivity contribution is 0.127. The van der Waals surface area contributed by atoms with E-state index in [2.05, 4.69) is 20.2 Å². The predicted octanol–water partition coefficient (Wildman–Crippen LogP) is 2.73. The maximum absolute atomic E-state index is 12.1. The molecule has 0 N–H and O–H groups in total. The van der Waals surface area contributed by atoms with Crippen LogP contribution in [0, 0.1) is 0 Å². The summed E-state index contributed by atoms with van der Waals surface area (Å²) in [4.78, 5) is 23.1. The minimum Gasteiger partial charge on any atom is -0.462 e. The zero-order chi connectivity index (χ0) is 16.5. The fourth-order valence-electron chi connectivity index (χ4n) is 3.52. The van der Waals surface area contributed by atoms with Crippen LogP contribution in [0.3, 0.4) is 0 Å². The monoisotopic (exact) mass is 346 g/mol. The Morgan fingerprint density at radius 1 is 1.29 bits per heavy atom. The van der Waals surface area contributed by atoms with Gasteiger partial charge in [-0.2, -0.15) is 0 Å². The highest BCUT2D eigenvalue weighted by atomic mass is 32.1. The van der Waals surface area contributed by atoms with Gasteiger partial charge in [0.1, 0.15) is 0 Å². The van der Waals surface area contributed by atoms with Gasteiger partial charge in [0.25, 0.3) is 0 Å². The summed E-state index contributed by atoms with van der Waals surface area (Å²) in [5.41, 5.74) is 1.10. The standard InChI is InChI=1S/C17H22N4O2S/c1-19-8-9-21(17(19)22)14-4-6-20(7-5-14)11-13-12-24-16(18-13)15-3-2-10-23-15/h2-3,10,12,14H,4-9,11H2,1H3. The van der Waals surface area contributed by atoms with Gasteiger partial charge in [-0.25, -0.2) is 9.78 Å². The Labute approximate surface area is 145 Å². The van der Waals surface area contributed by atoms with Crippen molar-refractivity contribution in [3.8, 4) is 10.8 Å². The molecule has 24 heavy (non-hydrogen) atoms. The summed E-state index contributed by atoms with van der Waals surface area (Å²) in [5.74, 6) is 0.835. The van der Waals surface area contributed by atoms with Gasteiger partial charge in [-0.05, 0) is 25.0 Å². The molecule has 4 rings (SSSR count). The molecular weight excluding hydrogens is 324 g/mol. The summed E-state index contributed by atoms with van der Waals surface area (Å²) in [6.07, 6.45) is 3.78. The van der Waals surface area contributed by atoms with E-state index in [0.29, 0.717) is 6.04 Å². The molecule has 128 valence electrons. The SMILES string of the molecule is CN1CCN(C2CCN(Cc3csc(-c4ccco4)n3)CC2)C1=O. The third-order valence-corrected chi connectivity index (χ3v) is 5.82. The number of urea groups is 1. The maximum Gasteiger partial charge on any atom is 0.320 e. The van der Waals surface area contributed by atoms with Crippen molar-refractivity contribution in [2.24, 2.45) is 0 Å². The molecule has 2 aliphatic heterocycles. The molecular formula is C17H22N4O2S. The van der Waals surface area contributed by atoms with Crippen molar-refractivity contribution >= 4 is 17.4 Å². The van der Waals surface area contributed by atoms with Gasteiger partial charge < -0.3 is 14.2 Å². The summed E-state index contributed by atoms with van der Waals surface area (Å²) in [6.45, 7) is 4.64. The molecule has 2 aromatic heterocycles. The molecule has 0 atom stereocenters. The molecule has 0 unspecified atom stereocenters. The summed E-state index contributed by atoms with van der Waals surface area (Å²) in [5, 5.41) is 3.05. The molecule has 2 aromatic rings. The van der Waals surface area contributed by atoms with Crippen molar-refractivity contribution in [2.75, 3.05) is 33.2 Å². The number of amides is 2. The number of likely N-dealkylation sites (tertiary alicyclic amines) is 1. The number of aromatic nitrogens is 1. The third kappa shape index (κ3) is 3.06. The first-order chi connectivity index (χ1) is 11.7. The summed E-state index contributed by atoms with van der Waals surface area (Å²) >= 11 is 1.63. The first-order valence-electron chi connectivity index (χ1n) is 8.43. The van der Waals surface area contributed by atoms with E-state index in [9.17, 15) is 4.79 Å². The predicted molar refractivity (Wildman–Crippen MR) is 92.8 cm³/mol. The van der Waals surface area contributed by atoms with Gasteiger partial charge in [0.05, 0.1) is 12.0 Å². The van der Waals surface area contributed by atoms with Gasteiger partial charge in [-0.3, -0.25) is 4.90 Å². The number of piperidine rings is 1. The number of hydrogen-bond donors (Lipinski definition) is 0. The zero-order valence-electron chi connectivity index (χ0n) is 13.9. The zero-order valence-corrected chi connectivity index (χ0v) is 14.7. The fourth-order valence-corrected chi connectivity index (χ4v) is 4.30. The molecule has 2 aliphatic rings. The molecule has 2 saturated heterocycles. The van der Waals surface area contributed by atoms with E-state index < -0.39 is 0 Å². The molecule has 4 heterocycles. The highest BCUT2D eigenvalue weighted by Gasteiger charge is 2.33. The number of thiazole rings is 1. The maximum atomic E-state index is 12.1. The molecule has 0 spiro atoms. The summed E-state index contributed by atoms with van der Waals surface area (Å²) in [6, 6.07) is 4.42. The average Bonchev–Trinajstić information content (AvgIpc) is 3.32. The van der Waals surface area contributed by atoms with Crippen LogP contribution in [0.25, 0.3) is 10.8 Å². The molecule has 0 aromatic carbocycles. The topological polar surface area (TPSA) is 52.8 Å². The molecule has 7 heteroatoms. The molecule has 0 aliphatic carbocycles. The van der Waals surface area contributed by atoms with E-state index in [1.54, 1.807) is 17.6 Å². The first kappa shape index (κ1) is 15.7. The number of carbonyl (C=O) groups is 1. The van der Waals surface area contributed by atoms with Crippen LogP contribution in [0.4, 0.5) is 4.79 Å². The molecule has 0 bridgehead atoms. The van der Waals surface area contributed by atoms with E-state index in [1.807, 2.05) is 24.1 Å². The lowest BCUT2D eigenvalue weighted by Gasteiger charge is -2.36. The second-order valence-corrected chi connectivity index (χ2v) is 7.38. The van der Waals surface area contributed by atoms with Crippen LogP contribution >= 0.6 is 11.3 Å². The number of likely N-dealkylation sites (N-methyl/N-ethyl adjacent to an activating group) is 1. The van der Waals surface area contributed by atoms with E-state index >= 15 is 0 Å². The van der Waals surface area contributed by atoms with E-state index in [4.69, 9.17) is 4.42 Å². The third-order valence-electron chi connectivity index (χ3n) is 4.92. The quantitative estimate of drug-likeness (QED) is 0.854. The lowest BCUT2D eigenvalue weighted by atomic mass is 10.0. The summed E-state index contributed by atoms with van der Waals surface area (Å²) in [7, 11) is 1.89. The van der Waals surface area contributed by atoms with Crippen molar-refractivity contribution in [3.05, 3.63) is 29.5 Å². The minimum absolute atomic E-state index is 0.191. The second kappa shape index (κ2) is 6.57. The van der Waals surface area contributed by atoms with Crippen molar-refractivity contribution in [1.29, 1.82) is 0 Å². The van der Waals surface area contributed by atoms with E-state index in [-0.39, 0.29) is 6.03 Å². The van der Waals surface area contributed by atoms with Gasteiger partial charge in [-0.1, -0.05) is 0 Å². The Balaban J connectivity index is 1.31. The normalized spacial score (nSPS) is 20.3. The molecule has 6 nitrogen and oxygen atoms in total. The van der Waals surface area contributed by atoms with Crippen molar-refractivity contribution in [1.82, 2.24) is 19.7 Å². The van der Waals surface area contributed by atoms with Crippen molar-refractivity contribution in [2.45, 2.75) is 25.4 Å². The lowest BCUT2D eigenvalue weighted by Crippen LogP contribution is -2.46. The van der Waals surface area contributed by atoms with Crippen LogP contribution in [0.2, 0.25) is 0 Å². The average molecular weight is 346 g/mol. The van der Waals surface area contributed by atoms with E-state index in [0.717, 1.165) is 62.0 Å². The Bertz CT molecular complexity index is 691. The van der Waals surface area contributed by atoms with Gasteiger partial charge in [-0.15, -0.1) is 11.3 Å². The fraction of sp³-hybridized carbons (Fsp3) is 0.529. The Kier molecular flexibility index (Phi) is 4.28. The first-order valence-corrected chi connectivity index (χ1v) is 9.31. The molecule has 0 radical (unpaired) electrons. The van der Waals surface area contributed by atoms with Crippen LogP contribution in [0.1, 0.15) is 18.5 Å². The smallest absolute Gasteiger partial charge is 0.320 e. The molecule has 2 amide bonds. The van der Waals surface area contributed by atoms with E-state index in [1.165, 1.54) is 0 Å². The van der Waals surface area contributed by atoms with Crippen molar-refractivity contribution in [3.63, 3.8) is 0 Å². The van der Waals surface area contributed by atoms with Gasteiger partial charge in [0.2, 0.25) is 0 Å². The second-order valence-electron chi connectivity index (χ2n) is 6.53. The van der Waals surface area contributed by atoms with Crippen molar-refractivity contribution < 1.29 is 9.21 Å². The number of hydrogen-bond acceptors (Lipinski definition) is 5. The van der Waals surface area contributed by atoms with Crippen LogP contribution in [0.5, 0.6) is 0 Å². The Morgan fingerprint density at radius 3 is 2.79 bits per heavy atom. The Morgan fingerprint density at radius 2 is 2.12 bits per heavy atom. The van der Waals surface area contributed by atoms with Crippen LogP contribution in [-0.2, 0) is 6.54 Å². The number of carbonyl (C=O) groups excluding carboxylic acids is 1. The van der Waals surface area contributed by atoms with Crippen LogP contribution in [-0.4, -0.2) is 65.0 Å². The number of nitrogens with zero attached hydrogens (tertiary/aromatic N) is 4. The van der Waals surface area contributed by atoms with Crippen LogP contribution in [0.15, 0.2) is 28.2 Å². The molecule has 0 saturated carbocycles.